The van der Waals surface area contributed by atoms with Crippen molar-refractivity contribution >= 4 is 17.7 Å². The van der Waals surface area contributed by atoms with Gasteiger partial charge in [-0.2, -0.15) is 5.10 Å². The minimum atomic E-state index is -0.210. The Morgan fingerprint density at radius 3 is 3.04 bits per heavy atom. The number of H-pyrrole nitrogens is 1. The Kier molecular flexibility index (Phi) is 3.61. The standard InChI is InChI=1S/C18H20N4O2/c1-22(2)15-6-3-5-14-12(15)9-11(19-14)10-13-17(20-21-18(13)23)16-7-4-8-24-16/h4,7-10,15,19H,3,5-6H2,1-2H3,(H,21,23). The van der Waals surface area contributed by atoms with E-state index in [0.29, 0.717) is 23.1 Å². The fourth-order valence-corrected chi connectivity index (χ4v) is 3.51. The Morgan fingerprint density at radius 2 is 2.29 bits per heavy atom. The average molecular weight is 324 g/mol. The first-order valence-corrected chi connectivity index (χ1v) is 8.15. The lowest BCUT2D eigenvalue weighted by Crippen LogP contribution is -2.23. The van der Waals surface area contributed by atoms with E-state index in [2.05, 4.69) is 40.6 Å². The van der Waals surface area contributed by atoms with Gasteiger partial charge >= 0.3 is 0 Å². The lowest BCUT2D eigenvalue weighted by molar-refractivity contribution is -0.116. The summed E-state index contributed by atoms with van der Waals surface area (Å²) in [7, 11) is 4.22. The van der Waals surface area contributed by atoms with Gasteiger partial charge in [-0.25, -0.2) is 5.43 Å². The van der Waals surface area contributed by atoms with E-state index < -0.39 is 0 Å². The third-order valence-electron chi connectivity index (χ3n) is 4.66. The third kappa shape index (κ3) is 2.49. The second kappa shape index (κ2) is 5.79. The van der Waals surface area contributed by atoms with Gasteiger partial charge in [0.2, 0.25) is 0 Å². The molecule has 0 saturated carbocycles. The molecule has 0 bridgehead atoms. The maximum absolute atomic E-state index is 12.1. The van der Waals surface area contributed by atoms with Crippen LogP contribution in [0.2, 0.25) is 0 Å². The molecule has 2 aromatic heterocycles. The summed E-state index contributed by atoms with van der Waals surface area (Å²) in [6.07, 6.45) is 6.82. The number of carbonyl (C=O) groups is 1. The highest BCUT2D eigenvalue weighted by atomic mass is 16.3. The third-order valence-corrected chi connectivity index (χ3v) is 4.66. The first-order valence-electron chi connectivity index (χ1n) is 8.15. The van der Waals surface area contributed by atoms with E-state index in [1.165, 1.54) is 17.7 Å². The van der Waals surface area contributed by atoms with Gasteiger partial charge in [0.15, 0.2) is 5.76 Å². The van der Waals surface area contributed by atoms with Crippen LogP contribution in [0.1, 0.15) is 41.6 Å². The molecule has 6 nitrogen and oxygen atoms in total. The molecule has 2 aliphatic rings. The molecule has 1 amide bonds. The van der Waals surface area contributed by atoms with Crippen LogP contribution in [-0.4, -0.2) is 35.6 Å². The van der Waals surface area contributed by atoms with Crippen LogP contribution in [0.25, 0.3) is 6.08 Å². The second-order valence-corrected chi connectivity index (χ2v) is 6.47. The van der Waals surface area contributed by atoms with Crippen molar-refractivity contribution in [1.29, 1.82) is 0 Å². The SMILES string of the molecule is CN(C)C1CCCc2[nH]c(C=C3C(=O)NN=C3c3ccco3)cc21. The molecule has 3 heterocycles. The number of aryl methyl sites for hydroxylation is 1. The van der Waals surface area contributed by atoms with Gasteiger partial charge < -0.3 is 14.3 Å². The highest BCUT2D eigenvalue weighted by Gasteiger charge is 2.27. The van der Waals surface area contributed by atoms with Crippen molar-refractivity contribution in [2.24, 2.45) is 5.10 Å². The Balaban J connectivity index is 1.71. The lowest BCUT2D eigenvalue weighted by atomic mass is 9.92. The van der Waals surface area contributed by atoms with Crippen molar-refractivity contribution in [3.05, 3.63) is 52.7 Å². The molecule has 2 N–H and O–H groups in total. The number of amides is 1. The summed E-state index contributed by atoms with van der Waals surface area (Å²) in [5.41, 5.74) is 7.10. The molecule has 6 heteroatoms. The van der Waals surface area contributed by atoms with Gasteiger partial charge in [-0.1, -0.05) is 0 Å². The molecule has 124 valence electrons. The molecule has 0 aromatic carbocycles. The molecular weight excluding hydrogens is 304 g/mol. The maximum Gasteiger partial charge on any atom is 0.273 e. The number of aromatic nitrogens is 1. The Morgan fingerprint density at radius 1 is 1.42 bits per heavy atom. The summed E-state index contributed by atoms with van der Waals surface area (Å²) in [5.74, 6) is 0.375. The van der Waals surface area contributed by atoms with Crippen molar-refractivity contribution in [2.75, 3.05) is 14.1 Å². The zero-order valence-corrected chi connectivity index (χ0v) is 13.8. The molecule has 24 heavy (non-hydrogen) atoms. The number of hydrogen-bond acceptors (Lipinski definition) is 4. The molecule has 0 radical (unpaired) electrons. The van der Waals surface area contributed by atoms with Crippen LogP contribution in [0.3, 0.4) is 0 Å². The van der Waals surface area contributed by atoms with Crippen molar-refractivity contribution < 1.29 is 9.21 Å². The van der Waals surface area contributed by atoms with Gasteiger partial charge in [0.25, 0.3) is 5.91 Å². The van der Waals surface area contributed by atoms with Crippen LogP contribution in [0.4, 0.5) is 0 Å². The average Bonchev–Trinajstić information content (AvgIpc) is 3.27. The normalized spacial score (nSPS) is 22.0. The van der Waals surface area contributed by atoms with E-state index in [4.69, 9.17) is 4.42 Å². The van der Waals surface area contributed by atoms with Crippen LogP contribution in [0.5, 0.6) is 0 Å². The number of nitrogens with one attached hydrogen (secondary N) is 2. The number of furan rings is 1. The minimum Gasteiger partial charge on any atom is -0.463 e. The Labute approximate surface area is 140 Å². The number of hydrazone groups is 1. The van der Waals surface area contributed by atoms with Crippen LogP contribution in [0.15, 0.2) is 39.6 Å². The monoisotopic (exact) mass is 324 g/mol. The molecular formula is C18H20N4O2. The van der Waals surface area contributed by atoms with Crippen molar-refractivity contribution in [2.45, 2.75) is 25.3 Å². The molecule has 0 saturated heterocycles. The minimum absolute atomic E-state index is 0.210. The first-order chi connectivity index (χ1) is 11.6. The summed E-state index contributed by atoms with van der Waals surface area (Å²) in [6.45, 7) is 0. The van der Waals surface area contributed by atoms with Gasteiger partial charge in [-0.05, 0) is 63.2 Å². The van der Waals surface area contributed by atoms with E-state index in [1.54, 1.807) is 18.4 Å². The number of nitrogens with zero attached hydrogens (tertiary/aromatic N) is 2. The predicted molar refractivity (Wildman–Crippen MR) is 91.5 cm³/mol. The van der Waals surface area contributed by atoms with Crippen molar-refractivity contribution in [3.63, 3.8) is 0 Å². The Bertz CT molecular complexity index is 827. The summed E-state index contributed by atoms with van der Waals surface area (Å²) >= 11 is 0. The van der Waals surface area contributed by atoms with Crippen molar-refractivity contribution in [3.8, 4) is 0 Å². The van der Waals surface area contributed by atoms with Crippen LogP contribution in [-0.2, 0) is 11.2 Å². The summed E-state index contributed by atoms with van der Waals surface area (Å²) in [5, 5.41) is 4.09. The summed E-state index contributed by atoms with van der Waals surface area (Å²) in [6, 6.07) is 6.16. The fourth-order valence-electron chi connectivity index (χ4n) is 3.51. The molecule has 2 aromatic rings. The zero-order chi connectivity index (χ0) is 16.7. The molecule has 1 aliphatic heterocycles. The quantitative estimate of drug-likeness (QED) is 0.852. The largest absolute Gasteiger partial charge is 0.463 e. The van der Waals surface area contributed by atoms with Gasteiger partial charge in [0.1, 0.15) is 5.71 Å². The number of carbonyl (C=O) groups excluding carboxylic acids is 1. The second-order valence-electron chi connectivity index (χ2n) is 6.47. The van der Waals surface area contributed by atoms with E-state index >= 15 is 0 Å². The topological polar surface area (TPSA) is 73.6 Å². The van der Waals surface area contributed by atoms with Crippen LogP contribution < -0.4 is 5.43 Å². The fraction of sp³-hybridized carbons (Fsp3) is 0.333. The molecule has 1 aliphatic carbocycles. The number of fused-ring (bicyclic) bond motifs is 1. The molecule has 0 spiro atoms. The molecule has 4 rings (SSSR count). The first kappa shape index (κ1) is 15.0. The van der Waals surface area contributed by atoms with E-state index in [1.807, 2.05) is 6.08 Å². The van der Waals surface area contributed by atoms with E-state index in [9.17, 15) is 4.79 Å². The van der Waals surface area contributed by atoms with Gasteiger partial charge in [0.05, 0.1) is 11.8 Å². The highest BCUT2D eigenvalue weighted by Crippen LogP contribution is 2.34. The van der Waals surface area contributed by atoms with E-state index in [0.717, 1.165) is 18.5 Å². The zero-order valence-electron chi connectivity index (χ0n) is 13.8. The van der Waals surface area contributed by atoms with Crippen LogP contribution >= 0.6 is 0 Å². The predicted octanol–water partition coefficient (Wildman–Crippen LogP) is 2.46. The number of rotatable bonds is 3. The highest BCUT2D eigenvalue weighted by molar-refractivity contribution is 6.32. The molecule has 0 fully saturated rings. The summed E-state index contributed by atoms with van der Waals surface area (Å²) < 4.78 is 5.38. The van der Waals surface area contributed by atoms with E-state index in [-0.39, 0.29) is 5.91 Å². The maximum atomic E-state index is 12.1. The number of aromatic amines is 1. The summed E-state index contributed by atoms with van der Waals surface area (Å²) in [4.78, 5) is 17.9. The molecule has 1 atom stereocenters. The van der Waals surface area contributed by atoms with Gasteiger partial charge in [0, 0.05) is 17.4 Å². The number of hydrogen-bond donors (Lipinski definition) is 2. The Hall–Kier alpha value is -2.60. The van der Waals surface area contributed by atoms with Crippen LogP contribution in [0, 0.1) is 0 Å². The van der Waals surface area contributed by atoms with Crippen molar-refractivity contribution in [1.82, 2.24) is 15.3 Å². The van der Waals surface area contributed by atoms with Gasteiger partial charge in [-0.15, -0.1) is 0 Å². The molecule has 1 unspecified atom stereocenters. The van der Waals surface area contributed by atoms with Gasteiger partial charge in [-0.3, -0.25) is 4.79 Å². The lowest BCUT2D eigenvalue weighted by Gasteiger charge is -2.28. The smallest absolute Gasteiger partial charge is 0.273 e.